The van der Waals surface area contributed by atoms with Crippen molar-refractivity contribution in [2.75, 3.05) is 37.6 Å². The minimum atomic E-state index is -4.58. The second-order valence-electron chi connectivity index (χ2n) is 9.36. The number of carbonyl (C=O) groups is 2. The highest BCUT2D eigenvalue weighted by atomic mass is 19.4. The van der Waals surface area contributed by atoms with Gasteiger partial charge in [-0.25, -0.2) is 4.98 Å². The predicted molar refractivity (Wildman–Crippen MR) is 121 cm³/mol. The van der Waals surface area contributed by atoms with Crippen molar-refractivity contribution in [1.29, 1.82) is 0 Å². The molecular formula is C25H27F3N4O2. The summed E-state index contributed by atoms with van der Waals surface area (Å²) in [5.41, 5.74) is 1.06. The third-order valence-corrected chi connectivity index (χ3v) is 7.15. The molecule has 1 unspecified atom stereocenters. The zero-order chi connectivity index (χ0) is 24.0. The second kappa shape index (κ2) is 8.60. The van der Waals surface area contributed by atoms with E-state index in [1.54, 1.807) is 6.20 Å². The number of amides is 2. The molecule has 9 heteroatoms. The fourth-order valence-electron chi connectivity index (χ4n) is 4.90. The Labute approximate surface area is 196 Å². The van der Waals surface area contributed by atoms with Gasteiger partial charge in [0.2, 0.25) is 0 Å². The van der Waals surface area contributed by atoms with Crippen LogP contribution in [0.2, 0.25) is 0 Å². The first-order chi connectivity index (χ1) is 16.2. The summed E-state index contributed by atoms with van der Waals surface area (Å²) in [6.07, 6.45) is 0.642. The highest BCUT2D eigenvalue weighted by Crippen LogP contribution is 2.38. The van der Waals surface area contributed by atoms with Crippen LogP contribution in [0.15, 0.2) is 36.5 Å². The van der Waals surface area contributed by atoms with Crippen LogP contribution in [0, 0.1) is 5.92 Å². The molecule has 180 valence electrons. The number of rotatable bonds is 5. The molecule has 1 saturated carbocycles. The van der Waals surface area contributed by atoms with Crippen molar-refractivity contribution >= 4 is 17.5 Å². The largest absolute Gasteiger partial charge is 0.417 e. The standard InChI is InChI=1S/C25H27F3N4O2/c1-16-20-14-18(15-29-22(20)24(34)32(16)9-8-17-6-7-17)30-10-12-31(13-11-30)23(33)19-4-2-3-5-21(19)25(26,27)28/h2-5,14-17H,6-13H2,1H3. The lowest BCUT2D eigenvalue weighted by Gasteiger charge is -2.36. The number of piperazine rings is 1. The van der Waals surface area contributed by atoms with Gasteiger partial charge < -0.3 is 14.7 Å². The molecule has 3 aliphatic rings. The Morgan fingerprint density at radius 3 is 2.50 bits per heavy atom. The number of hydrogen-bond acceptors (Lipinski definition) is 4. The number of carbonyl (C=O) groups excluding carboxylic acids is 2. The van der Waals surface area contributed by atoms with E-state index in [2.05, 4.69) is 9.88 Å². The molecule has 6 nitrogen and oxygen atoms in total. The van der Waals surface area contributed by atoms with Gasteiger partial charge >= 0.3 is 6.18 Å². The first-order valence-corrected chi connectivity index (χ1v) is 11.8. The molecule has 34 heavy (non-hydrogen) atoms. The van der Waals surface area contributed by atoms with E-state index < -0.39 is 17.6 Å². The van der Waals surface area contributed by atoms with Gasteiger partial charge in [-0.3, -0.25) is 9.59 Å². The molecule has 0 N–H and O–H groups in total. The van der Waals surface area contributed by atoms with Crippen LogP contribution in [0.1, 0.15) is 64.2 Å². The minimum absolute atomic E-state index is 0.0200. The van der Waals surface area contributed by atoms with Crippen molar-refractivity contribution in [1.82, 2.24) is 14.8 Å². The molecule has 1 saturated heterocycles. The molecule has 3 heterocycles. The van der Waals surface area contributed by atoms with Gasteiger partial charge in [0, 0.05) is 38.3 Å². The zero-order valence-corrected chi connectivity index (χ0v) is 19.0. The van der Waals surface area contributed by atoms with E-state index in [9.17, 15) is 22.8 Å². The summed E-state index contributed by atoms with van der Waals surface area (Å²) in [6, 6.07) is 6.88. The van der Waals surface area contributed by atoms with E-state index in [4.69, 9.17) is 0 Å². The third-order valence-electron chi connectivity index (χ3n) is 7.15. The topological polar surface area (TPSA) is 56.8 Å². The summed E-state index contributed by atoms with van der Waals surface area (Å²) in [7, 11) is 0. The van der Waals surface area contributed by atoms with Crippen LogP contribution in [0.25, 0.3) is 0 Å². The molecule has 0 bridgehead atoms. The molecule has 2 amide bonds. The lowest BCUT2D eigenvalue weighted by atomic mass is 10.1. The maximum Gasteiger partial charge on any atom is 0.417 e. The number of hydrogen-bond donors (Lipinski definition) is 0. The normalized spacial score (nSPS) is 20.6. The van der Waals surface area contributed by atoms with Crippen LogP contribution in [-0.2, 0) is 6.18 Å². The van der Waals surface area contributed by atoms with Gasteiger partial charge in [-0.1, -0.05) is 25.0 Å². The summed E-state index contributed by atoms with van der Waals surface area (Å²) in [6.45, 7) is 4.35. The average Bonchev–Trinajstić information content (AvgIpc) is 3.63. The molecule has 1 aromatic heterocycles. The van der Waals surface area contributed by atoms with Crippen molar-refractivity contribution in [2.24, 2.45) is 5.92 Å². The summed E-state index contributed by atoms with van der Waals surface area (Å²) < 4.78 is 40.0. The van der Waals surface area contributed by atoms with Crippen LogP contribution in [0.4, 0.5) is 18.9 Å². The van der Waals surface area contributed by atoms with Crippen molar-refractivity contribution in [3.8, 4) is 0 Å². The van der Waals surface area contributed by atoms with Gasteiger partial charge in [-0.15, -0.1) is 0 Å². The smallest absolute Gasteiger partial charge is 0.367 e. The molecule has 0 radical (unpaired) electrons. The highest BCUT2D eigenvalue weighted by molar-refractivity contribution is 5.98. The Bertz CT molecular complexity index is 1110. The first-order valence-electron chi connectivity index (χ1n) is 11.8. The van der Waals surface area contributed by atoms with Crippen LogP contribution >= 0.6 is 0 Å². The van der Waals surface area contributed by atoms with Gasteiger partial charge in [0.25, 0.3) is 11.8 Å². The number of fused-ring (bicyclic) bond motifs is 1. The molecule has 2 fully saturated rings. The predicted octanol–water partition coefficient (Wildman–Crippen LogP) is 4.38. The summed E-state index contributed by atoms with van der Waals surface area (Å²) in [5, 5.41) is 0. The van der Waals surface area contributed by atoms with Crippen molar-refractivity contribution in [3.05, 3.63) is 58.9 Å². The Balaban J connectivity index is 1.26. The molecule has 2 aromatic rings. The maximum absolute atomic E-state index is 13.3. The molecule has 1 aliphatic carbocycles. The quantitative estimate of drug-likeness (QED) is 0.648. The van der Waals surface area contributed by atoms with Crippen molar-refractivity contribution < 1.29 is 22.8 Å². The van der Waals surface area contributed by atoms with Gasteiger partial charge in [0.05, 0.1) is 29.1 Å². The second-order valence-corrected chi connectivity index (χ2v) is 9.36. The molecule has 5 rings (SSSR count). The first kappa shape index (κ1) is 22.7. The minimum Gasteiger partial charge on any atom is -0.367 e. The SMILES string of the molecule is CC1c2cc(N3CCN(C(=O)c4ccccc4C(F)(F)F)CC3)cnc2C(=O)N1CCC1CC1. The van der Waals surface area contributed by atoms with E-state index in [-0.39, 0.29) is 17.5 Å². The summed E-state index contributed by atoms with van der Waals surface area (Å²) >= 11 is 0. The Hall–Kier alpha value is -3.10. The van der Waals surface area contributed by atoms with Crippen LogP contribution in [0.5, 0.6) is 0 Å². The van der Waals surface area contributed by atoms with Crippen LogP contribution in [0.3, 0.4) is 0 Å². The monoisotopic (exact) mass is 472 g/mol. The van der Waals surface area contributed by atoms with Crippen molar-refractivity contribution in [2.45, 2.75) is 38.4 Å². The van der Waals surface area contributed by atoms with Gasteiger partial charge in [0.1, 0.15) is 5.69 Å². The maximum atomic E-state index is 13.3. The molecule has 1 aromatic carbocycles. The number of benzene rings is 1. The number of pyridine rings is 1. The average molecular weight is 473 g/mol. The highest BCUT2D eigenvalue weighted by Gasteiger charge is 2.38. The Kier molecular flexibility index (Phi) is 5.73. The summed E-state index contributed by atoms with van der Waals surface area (Å²) in [5.74, 6) is 0.118. The van der Waals surface area contributed by atoms with Crippen LogP contribution < -0.4 is 4.90 Å². The summed E-state index contributed by atoms with van der Waals surface area (Å²) in [4.78, 5) is 35.5. The van der Waals surface area contributed by atoms with Gasteiger partial charge in [-0.05, 0) is 37.5 Å². The number of halogens is 3. The number of anilines is 1. The molecule has 2 aliphatic heterocycles. The van der Waals surface area contributed by atoms with E-state index in [0.29, 0.717) is 31.9 Å². The fourth-order valence-corrected chi connectivity index (χ4v) is 4.90. The Morgan fingerprint density at radius 1 is 1.12 bits per heavy atom. The lowest BCUT2D eigenvalue weighted by molar-refractivity contribution is -0.138. The van der Waals surface area contributed by atoms with Gasteiger partial charge in [-0.2, -0.15) is 13.2 Å². The Morgan fingerprint density at radius 2 is 1.82 bits per heavy atom. The third kappa shape index (κ3) is 4.23. The number of aromatic nitrogens is 1. The molecular weight excluding hydrogens is 445 g/mol. The van der Waals surface area contributed by atoms with Crippen molar-refractivity contribution in [3.63, 3.8) is 0 Å². The number of nitrogens with zero attached hydrogens (tertiary/aromatic N) is 4. The van der Waals surface area contributed by atoms with E-state index in [1.807, 2.05) is 17.9 Å². The molecule has 0 spiro atoms. The lowest BCUT2D eigenvalue weighted by Crippen LogP contribution is -2.49. The van der Waals surface area contributed by atoms with Crippen LogP contribution in [-0.4, -0.2) is 59.3 Å². The van der Waals surface area contributed by atoms with E-state index >= 15 is 0 Å². The van der Waals surface area contributed by atoms with E-state index in [0.717, 1.165) is 36.2 Å². The zero-order valence-electron chi connectivity index (χ0n) is 19.0. The number of alkyl halides is 3. The van der Waals surface area contributed by atoms with E-state index in [1.165, 1.54) is 35.9 Å². The van der Waals surface area contributed by atoms with Gasteiger partial charge in [0.15, 0.2) is 0 Å². The fraction of sp³-hybridized carbons (Fsp3) is 0.480. The molecule has 1 atom stereocenters.